The average molecular weight is 193 g/mol. The Hall–Kier alpha value is -0.680. The van der Waals surface area contributed by atoms with Crippen molar-refractivity contribution in [3.05, 3.63) is 23.2 Å². The summed E-state index contributed by atoms with van der Waals surface area (Å²) >= 11 is 5.46. The van der Waals surface area contributed by atoms with Gasteiger partial charge < -0.3 is 0 Å². The van der Waals surface area contributed by atoms with Gasteiger partial charge in [0.1, 0.15) is 15.9 Å². The summed E-state index contributed by atoms with van der Waals surface area (Å²) in [7, 11) is -2.45. The third kappa shape index (κ3) is 2.81. The molecule has 1 aromatic heterocycles. The number of aromatic nitrogens is 2. The van der Waals surface area contributed by atoms with Gasteiger partial charge in [-0.25, -0.2) is 13.4 Å². The van der Waals surface area contributed by atoms with Gasteiger partial charge in [-0.05, 0) is 0 Å². The molecular formula is C5H5ClN2O2S. The predicted molar refractivity (Wildman–Crippen MR) is 41.1 cm³/mol. The minimum absolute atomic E-state index is 0.108. The molecule has 0 bridgehead atoms. The normalized spacial score (nSPS) is 10.4. The van der Waals surface area contributed by atoms with Crippen molar-refractivity contribution in [2.75, 3.05) is 0 Å². The molecule has 0 N–H and O–H groups in total. The Bertz CT molecular complexity index is 318. The van der Waals surface area contributed by atoms with Crippen molar-refractivity contribution in [3.8, 4) is 0 Å². The van der Waals surface area contributed by atoms with Crippen molar-refractivity contribution in [1.29, 1.82) is 0 Å². The van der Waals surface area contributed by atoms with E-state index in [0.717, 1.165) is 0 Å². The van der Waals surface area contributed by atoms with Crippen molar-refractivity contribution in [2.24, 2.45) is 0 Å². The number of thiol groups is 1. The van der Waals surface area contributed by atoms with E-state index in [-0.39, 0.29) is 10.9 Å². The quantitative estimate of drug-likeness (QED) is 0.682. The summed E-state index contributed by atoms with van der Waals surface area (Å²) in [4.78, 5) is 7.41. The Morgan fingerprint density at radius 2 is 2.18 bits per heavy atom. The third-order valence-electron chi connectivity index (χ3n) is 0.946. The molecule has 0 atom stereocenters. The van der Waals surface area contributed by atoms with E-state index < -0.39 is 10.7 Å². The van der Waals surface area contributed by atoms with Crippen molar-refractivity contribution in [2.45, 2.75) is 5.75 Å². The van der Waals surface area contributed by atoms with Gasteiger partial charge in [0.2, 0.25) is 0 Å². The van der Waals surface area contributed by atoms with E-state index in [1.54, 1.807) is 0 Å². The number of hydrogen-bond acceptors (Lipinski definition) is 4. The van der Waals surface area contributed by atoms with E-state index in [1.807, 2.05) is 0 Å². The Kier molecular flexibility index (Phi) is 2.78. The Morgan fingerprint density at radius 3 is 2.73 bits per heavy atom. The van der Waals surface area contributed by atoms with Gasteiger partial charge in [-0.15, -0.1) is 0 Å². The van der Waals surface area contributed by atoms with Gasteiger partial charge in [0.05, 0.1) is 17.6 Å². The molecule has 0 radical (unpaired) electrons. The van der Waals surface area contributed by atoms with Crippen molar-refractivity contribution < 1.29 is 8.42 Å². The van der Waals surface area contributed by atoms with E-state index in [4.69, 9.17) is 11.6 Å². The number of hydrogen-bond donors (Lipinski definition) is 1. The van der Waals surface area contributed by atoms with Crippen LogP contribution in [-0.2, 0) is 16.5 Å². The maximum atomic E-state index is 10.2. The molecule has 1 rings (SSSR count). The lowest BCUT2D eigenvalue weighted by Crippen LogP contribution is -1.92. The van der Waals surface area contributed by atoms with Crippen LogP contribution >= 0.6 is 11.6 Å². The summed E-state index contributed by atoms with van der Waals surface area (Å²) in [5.74, 6) is -0.108. The highest BCUT2D eigenvalue weighted by Crippen LogP contribution is 2.02. The Balaban J connectivity index is 2.87. The monoisotopic (exact) mass is 192 g/mol. The van der Waals surface area contributed by atoms with Crippen molar-refractivity contribution in [3.63, 3.8) is 0 Å². The van der Waals surface area contributed by atoms with Gasteiger partial charge >= 0.3 is 0 Å². The zero-order valence-corrected chi connectivity index (χ0v) is 7.05. The molecule has 1 aromatic rings. The fourth-order valence-corrected chi connectivity index (χ4v) is 1.17. The first-order chi connectivity index (χ1) is 5.18. The SMILES string of the molecule is O=[SH](=O)Cc1cncc(Cl)n1. The lowest BCUT2D eigenvalue weighted by molar-refractivity contribution is 0.613. The summed E-state index contributed by atoms with van der Waals surface area (Å²) in [6.45, 7) is 0. The number of nitrogens with zero attached hydrogens (tertiary/aromatic N) is 2. The minimum atomic E-state index is -2.45. The Labute approximate surface area is 70.2 Å². The molecule has 0 fully saturated rings. The van der Waals surface area contributed by atoms with Crippen LogP contribution in [0, 0.1) is 0 Å². The first-order valence-electron chi connectivity index (χ1n) is 2.76. The summed E-state index contributed by atoms with van der Waals surface area (Å²) in [5.41, 5.74) is 0.369. The van der Waals surface area contributed by atoms with Gasteiger partial charge in [-0.2, -0.15) is 0 Å². The van der Waals surface area contributed by atoms with Gasteiger partial charge in [-0.1, -0.05) is 11.6 Å². The van der Waals surface area contributed by atoms with Crippen LogP contribution in [0.3, 0.4) is 0 Å². The molecule has 0 saturated heterocycles. The summed E-state index contributed by atoms with van der Waals surface area (Å²) < 4.78 is 20.4. The van der Waals surface area contributed by atoms with E-state index >= 15 is 0 Å². The zero-order chi connectivity index (χ0) is 8.27. The van der Waals surface area contributed by atoms with Crippen LogP contribution < -0.4 is 0 Å². The molecule has 0 unspecified atom stereocenters. The van der Waals surface area contributed by atoms with Crippen LogP contribution in [0.1, 0.15) is 5.69 Å². The molecule has 0 saturated carbocycles. The fourth-order valence-electron chi connectivity index (χ4n) is 0.588. The van der Waals surface area contributed by atoms with Gasteiger partial charge in [0, 0.05) is 6.20 Å². The minimum Gasteiger partial charge on any atom is -0.260 e. The second kappa shape index (κ2) is 3.64. The van der Waals surface area contributed by atoms with Gasteiger partial charge in [-0.3, -0.25) is 4.98 Å². The van der Waals surface area contributed by atoms with Crippen molar-refractivity contribution in [1.82, 2.24) is 9.97 Å². The first-order valence-corrected chi connectivity index (χ1v) is 4.51. The smallest absolute Gasteiger partial charge is 0.147 e. The van der Waals surface area contributed by atoms with Crippen LogP contribution in [0.4, 0.5) is 0 Å². The van der Waals surface area contributed by atoms with E-state index in [0.29, 0.717) is 5.69 Å². The predicted octanol–water partition coefficient (Wildman–Crippen LogP) is 0.241. The maximum absolute atomic E-state index is 10.2. The molecule has 0 aliphatic rings. The molecule has 6 heteroatoms. The number of halogens is 1. The second-order valence-electron chi connectivity index (χ2n) is 1.82. The lowest BCUT2D eigenvalue weighted by atomic mass is 10.5. The molecule has 0 aromatic carbocycles. The van der Waals surface area contributed by atoms with E-state index in [1.165, 1.54) is 12.4 Å². The lowest BCUT2D eigenvalue weighted by Gasteiger charge is -1.92. The molecule has 11 heavy (non-hydrogen) atoms. The fraction of sp³-hybridized carbons (Fsp3) is 0.200. The van der Waals surface area contributed by atoms with Crippen LogP contribution in [0.2, 0.25) is 5.15 Å². The molecule has 60 valence electrons. The molecule has 0 spiro atoms. The average Bonchev–Trinajstić information content (AvgIpc) is 1.85. The Morgan fingerprint density at radius 1 is 1.45 bits per heavy atom. The highest BCUT2D eigenvalue weighted by molar-refractivity contribution is 7.71. The summed E-state index contributed by atoms with van der Waals surface area (Å²) in [6.07, 6.45) is 2.72. The molecular weight excluding hydrogens is 188 g/mol. The standard InChI is InChI=1S/C5H5ClN2O2S/c6-5-2-7-1-4(8-5)3-11(9)10/h1-2,11H,3H2. The van der Waals surface area contributed by atoms with Gasteiger partial charge in [0.15, 0.2) is 0 Å². The van der Waals surface area contributed by atoms with Crippen molar-refractivity contribution >= 4 is 22.3 Å². The van der Waals surface area contributed by atoms with E-state index in [9.17, 15) is 8.42 Å². The molecule has 4 nitrogen and oxygen atoms in total. The highest BCUT2D eigenvalue weighted by Gasteiger charge is 1.96. The third-order valence-corrected chi connectivity index (χ3v) is 1.71. The topological polar surface area (TPSA) is 59.9 Å². The second-order valence-corrected chi connectivity index (χ2v) is 3.19. The highest BCUT2D eigenvalue weighted by atomic mass is 35.5. The zero-order valence-electron chi connectivity index (χ0n) is 5.40. The molecule has 1 heterocycles. The number of rotatable bonds is 2. The summed E-state index contributed by atoms with van der Waals surface area (Å²) in [5, 5.41) is 0.208. The van der Waals surface area contributed by atoms with Gasteiger partial charge in [0.25, 0.3) is 0 Å². The van der Waals surface area contributed by atoms with Crippen LogP contribution in [0.5, 0.6) is 0 Å². The molecule has 0 aliphatic carbocycles. The maximum Gasteiger partial charge on any atom is 0.147 e. The first kappa shape index (κ1) is 8.42. The molecule has 0 aliphatic heterocycles. The van der Waals surface area contributed by atoms with Crippen LogP contribution in [-0.4, -0.2) is 18.4 Å². The van der Waals surface area contributed by atoms with Crippen LogP contribution in [0.15, 0.2) is 12.4 Å². The molecule has 0 amide bonds. The van der Waals surface area contributed by atoms with Crippen LogP contribution in [0.25, 0.3) is 0 Å². The van der Waals surface area contributed by atoms with E-state index in [2.05, 4.69) is 9.97 Å². The summed E-state index contributed by atoms with van der Waals surface area (Å²) in [6, 6.07) is 0. The largest absolute Gasteiger partial charge is 0.260 e.